The Labute approximate surface area is 217 Å². The molecule has 0 spiro atoms. The summed E-state index contributed by atoms with van der Waals surface area (Å²) in [5.41, 5.74) is 7.52. The molecule has 3 aliphatic rings. The van der Waals surface area contributed by atoms with Gasteiger partial charge in [0.15, 0.2) is 0 Å². The van der Waals surface area contributed by atoms with Gasteiger partial charge in [-0.1, -0.05) is 65.3 Å². The highest BCUT2D eigenvalue weighted by Crippen LogP contribution is 2.47. The first kappa shape index (κ1) is 23.0. The van der Waals surface area contributed by atoms with E-state index in [9.17, 15) is 10.1 Å². The highest BCUT2D eigenvalue weighted by molar-refractivity contribution is 5.94. The van der Waals surface area contributed by atoms with Gasteiger partial charge in [-0.05, 0) is 68.2 Å². The second kappa shape index (κ2) is 8.91. The van der Waals surface area contributed by atoms with E-state index in [1.165, 1.54) is 11.1 Å². The topological polar surface area (TPSA) is 65.8 Å². The number of nitriles is 1. The first-order chi connectivity index (χ1) is 17.9. The standard InChI is InChI=1S/C33H26N3O/c1-21-12-22(14-31-25(13-21)10-11-30(36-31)23-6-4-3-5-7-23)19-35-32(37)26-9-8-24-15-27-16-28(27)18-33(2,20-34)29(24)17-26/h3-9,12-14,16-17,22H,15,18-19H2,1-2H3,(H,35,37)/t22?,33-/m0/s1. The number of carbonyl (C=O) groups excluding carboxylic acids is 1. The molecule has 4 nitrogen and oxygen atoms in total. The van der Waals surface area contributed by atoms with Gasteiger partial charge in [0.05, 0.1) is 22.1 Å². The van der Waals surface area contributed by atoms with Crippen LogP contribution in [0.5, 0.6) is 0 Å². The maximum atomic E-state index is 13.2. The Bertz CT molecular complexity index is 1660. The molecule has 1 radical (unpaired) electrons. The van der Waals surface area contributed by atoms with E-state index in [1.807, 2.05) is 62.4 Å². The average molecular weight is 481 g/mol. The molecule has 37 heavy (non-hydrogen) atoms. The van der Waals surface area contributed by atoms with Gasteiger partial charge in [0.2, 0.25) is 0 Å². The van der Waals surface area contributed by atoms with Crippen LogP contribution < -0.4 is 15.9 Å². The van der Waals surface area contributed by atoms with Crippen LogP contribution in [0.25, 0.3) is 23.4 Å². The Morgan fingerprint density at radius 3 is 2.81 bits per heavy atom. The summed E-state index contributed by atoms with van der Waals surface area (Å²) in [7, 11) is 0. The summed E-state index contributed by atoms with van der Waals surface area (Å²) in [6.07, 6.45) is 10.0. The summed E-state index contributed by atoms with van der Waals surface area (Å²) >= 11 is 0. The number of hydrogen-bond acceptors (Lipinski definition) is 3. The van der Waals surface area contributed by atoms with E-state index in [0.717, 1.165) is 44.9 Å². The van der Waals surface area contributed by atoms with Crippen molar-refractivity contribution >= 4 is 18.1 Å². The van der Waals surface area contributed by atoms with Crippen LogP contribution >= 0.6 is 0 Å². The van der Waals surface area contributed by atoms with Gasteiger partial charge in [-0.2, -0.15) is 5.26 Å². The monoisotopic (exact) mass is 480 g/mol. The van der Waals surface area contributed by atoms with Gasteiger partial charge in [-0.15, -0.1) is 0 Å². The van der Waals surface area contributed by atoms with Gasteiger partial charge >= 0.3 is 0 Å². The van der Waals surface area contributed by atoms with E-state index in [1.54, 1.807) is 0 Å². The zero-order valence-electron chi connectivity index (χ0n) is 20.9. The molecule has 0 saturated heterocycles. The van der Waals surface area contributed by atoms with Crippen molar-refractivity contribution < 1.29 is 4.79 Å². The van der Waals surface area contributed by atoms with Crippen molar-refractivity contribution in [2.75, 3.05) is 6.54 Å². The molecule has 1 unspecified atom stereocenters. The van der Waals surface area contributed by atoms with E-state index in [0.29, 0.717) is 18.5 Å². The molecule has 4 heteroatoms. The summed E-state index contributed by atoms with van der Waals surface area (Å²) in [6.45, 7) is 4.47. The molecule has 1 amide bonds. The molecule has 1 heterocycles. The van der Waals surface area contributed by atoms with Crippen LogP contribution in [0.15, 0.2) is 71.3 Å². The van der Waals surface area contributed by atoms with Gasteiger partial charge in [-0.3, -0.25) is 4.79 Å². The van der Waals surface area contributed by atoms with Crippen molar-refractivity contribution in [1.29, 1.82) is 5.26 Å². The third kappa shape index (κ3) is 4.48. The first-order valence-electron chi connectivity index (χ1n) is 12.6. The molecule has 3 aliphatic carbocycles. The molecule has 0 bridgehead atoms. The predicted molar refractivity (Wildman–Crippen MR) is 144 cm³/mol. The van der Waals surface area contributed by atoms with E-state index in [4.69, 9.17) is 4.98 Å². The normalized spacial score (nSPS) is 21.2. The Balaban J connectivity index is 1.24. The fraction of sp³-hybridized carbons (Fsp3) is 0.212. The van der Waals surface area contributed by atoms with Crippen molar-refractivity contribution in [1.82, 2.24) is 10.3 Å². The van der Waals surface area contributed by atoms with E-state index < -0.39 is 5.41 Å². The molecule has 0 fully saturated rings. The molecule has 2 aromatic carbocycles. The average Bonchev–Trinajstić information content (AvgIpc) is 3.68. The Hall–Kier alpha value is -4.41. The van der Waals surface area contributed by atoms with Crippen LogP contribution in [-0.2, 0) is 11.8 Å². The zero-order valence-corrected chi connectivity index (χ0v) is 20.9. The van der Waals surface area contributed by atoms with Crippen LogP contribution in [0.2, 0.25) is 0 Å². The lowest BCUT2D eigenvalue weighted by molar-refractivity contribution is 0.0952. The van der Waals surface area contributed by atoms with Gasteiger partial charge in [0, 0.05) is 30.0 Å². The van der Waals surface area contributed by atoms with Gasteiger partial charge < -0.3 is 5.32 Å². The van der Waals surface area contributed by atoms with Crippen LogP contribution in [0.3, 0.4) is 0 Å². The highest BCUT2D eigenvalue weighted by Gasteiger charge is 2.39. The Kier molecular flexibility index (Phi) is 5.54. The first-order valence-corrected chi connectivity index (χ1v) is 12.6. The number of nitrogens with one attached hydrogen (secondary N) is 1. The van der Waals surface area contributed by atoms with Gasteiger partial charge in [0.25, 0.3) is 5.91 Å². The van der Waals surface area contributed by atoms with Crippen molar-refractivity contribution in [2.45, 2.75) is 32.1 Å². The van der Waals surface area contributed by atoms with E-state index in [2.05, 4.69) is 48.2 Å². The number of hydrogen-bond donors (Lipinski definition) is 1. The summed E-state index contributed by atoms with van der Waals surface area (Å²) in [6, 6.07) is 24.7. The van der Waals surface area contributed by atoms with E-state index >= 15 is 0 Å². The number of amides is 1. The predicted octanol–water partition coefficient (Wildman–Crippen LogP) is 4.16. The molecule has 179 valence electrons. The van der Waals surface area contributed by atoms with Gasteiger partial charge in [0.1, 0.15) is 5.69 Å². The summed E-state index contributed by atoms with van der Waals surface area (Å²) < 4.78 is 0. The van der Waals surface area contributed by atoms with Crippen molar-refractivity contribution in [3.8, 4) is 17.3 Å². The number of carbonyl (C=O) groups is 1. The third-order valence-corrected chi connectivity index (χ3v) is 7.41. The number of benzene rings is 2. The van der Waals surface area contributed by atoms with E-state index in [-0.39, 0.29) is 11.8 Å². The lowest BCUT2D eigenvalue weighted by Gasteiger charge is -2.24. The number of allylic oxidation sites excluding steroid dienone is 3. The molecule has 2 atom stereocenters. The molecule has 3 aromatic rings. The molecule has 1 aromatic heterocycles. The molecule has 0 saturated carbocycles. The SMILES string of the molecule is CC1=CC(CNC(=O)c2ccc3c(c2)[C@](C)(C#N)CC2=C([CH]2)C3)C=c2nc(-c3ccccc3)c#cc2=C1. The zero-order chi connectivity index (χ0) is 25.6. The quantitative estimate of drug-likeness (QED) is 0.610. The fourth-order valence-corrected chi connectivity index (χ4v) is 5.33. The van der Waals surface area contributed by atoms with Crippen molar-refractivity contribution in [3.63, 3.8) is 0 Å². The van der Waals surface area contributed by atoms with Gasteiger partial charge in [-0.25, -0.2) is 4.98 Å². The molecule has 1 N–H and O–H groups in total. The van der Waals surface area contributed by atoms with Crippen molar-refractivity contribution in [2.24, 2.45) is 5.92 Å². The molecule has 6 rings (SSSR count). The van der Waals surface area contributed by atoms with Crippen LogP contribution in [-0.4, -0.2) is 17.4 Å². The molecular formula is C33H26N3O. The second-order valence-electron chi connectivity index (χ2n) is 10.3. The van der Waals surface area contributed by atoms with Crippen LogP contribution in [0.4, 0.5) is 0 Å². The summed E-state index contributed by atoms with van der Waals surface area (Å²) in [5.74, 6) is -0.155. The molecule has 0 aliphatic heterocycles. The fourth-order valence-electron chi connectivity index (χ4n) is 5.33. The number of aromatic nitrogens is 1. The Morgan fingerprint density at radius 1 is 1.16 bits per heavy atom. The lowest BCUT2D eigenvalue weighted by Crippen LogP contribution is -2.32. The second-order valence-corrected chi connectivity index (χ2v) is 10.3. The minimum absolute atomic E-state index is 0.0194. The minimum Gasteiger partial charge on any atom is -0.351 e. The maximum Gasteiger partial charge on any atom is 0.251 e. The molecular weight excluding hydrogens is 454 g/mol. The van der Waals surface area contributed by atoms with Crippen LogP contribution in [0.1, 0.15) is 41.8 Å². The lowest BCUT2D eigenvalue weighted by atomic mass is 9.77. The number of fused-ring (bicyclic) bond motifs is 2. The summed E-state index contributed by atoms with van der Waals surface area (Å²) in [5, 5.41) is 14.8. The highest BCUT2D eigenvalue weighted by atomic mass is 16.1. The number of rotatable bonds is 4. The number of nitrogens with zero attached hydrogens (tertiary/aromatic N) is 2. The largest absolute Gasteiger partial charge is 0.351 e. The third-order valence-electron chi connectivity index (χ3n) is 7.41. The summed E-state index contributed by atoms with van der Waals surface area (Å²) in [4.78, 5) is 18.1. The minimum atomic E-state index is -0.625. The Morgan fingerprint density at radius 2 is 2.00 bits per heavy atom. The maximum absolute atomic E-state index is 13.2. The van der Waals surface area contributed by atoms with Crippen LogP contribution in [0, 0.1) is 35.8 Å². The smallest absolute Gasteiger partial charge is 0.251 e. The van der Waals surface area contributed by atoms with Crippen molar-refractivity contribution in [3.05, 3.63) is 117 Å².